The zero-order valence-corrected chi connectivity index (χ0v) is 15.6. The highest BCUT2D eigenvalue weighted by Gasteiger charge is 2.24. The van der Waals surface area contributed by atoms with Crippen LogP contribution < -0.4 is 9.46 Å². The molecule has 0 amide bonds. The van der Waals surface area contributed by atoms with Gasteiger partial charge in [-0.25, -0.2) is 13.1 Å². The Kier molecular flexibility index (Phi) is 5.95. The third-order valence-electron chi connectivity index (χ3n) is 4.19. The van der Waals surface area contributed by atoms with E-state index in [2.05, 4.69) is 9.82 Å². The Morgan fingerprint density at radius 1 is 1.37 bits per heavy atom. The van der Waals surface area contributed by atoms with Crippen molar-refractivity contribution in [1.82, 2.24) is 9.78 Å². The SMILES string of the molecule is Cc1nn(C(F)F)cc1S(=O)(=O)Nc1ccccc1OCC1CCCCO1. The van der Waals surface area contributed by atoms with Crippen molar-refractivity contribution in [3.63, 3.8) is 0 Å². The third kappa shape index (κ3) is 4.75. The standard InChI is InChI=1S/C17H21F2N3O4S/c1-12-16(10-22(20-12)17(18)19)27(23,24)21-14-7-2-3-8-15(14)26-11-13-6-4-5-9-25-13/h2-3,7-8,10,13,17,21H,4-6,9,11H2,1H3. The van der Waals surface area contributed by atoms with Gasteiger partial charge in [0, 0.05) is 6.61 Å². The van der Waals surface area contributed by atoms with E-state index in [-0.39, 0.29) is 22.4 Å². The number of para-hydroxylation sites is 2. The Labute approximate surface area is 156 Å². The smallest absolute Gasteiger partial charge is 0.333 e. The van der Waals surface area contributed by atoms with Crippen molar-refractivity contribution in [3.05, 3.63) is 36.2 Å². The first-order valence-electron chi connectivity index (χ1n) is 8.57. The molecule has 1 aliphatic rings. The number of aromatic nitrogens is 2. The van der Waals surface area contributed by atoms with Crippen LogP contribution in [0.15, 0.2) is 35.4 Å². The van der Waals surface area contributed by atoms with Crippen LogP contribution in [0.2, 0.25) is 0 Å². The number of ether oxygens (including phenoxy) is 2. The van der Waals surface area contributed by atoms with Gasteiger partial charge in [0.05, 0.1) is 23.7 Å². The third-order valence-corrected chi connectivity index (χ3v) is 5.66. The summed E-state index contributed by atoms with van der Waals surface area (Å²) >= 11 is 0. The summed E-state index contributed by atoms with van der Waals surface area (Å²) in [5.41, 5.74) is 0.203. The molecule has 1 aromatic carbocycles. The van der Waals surface area contributed by atoms with Gasteiger partial charge in [-0.3, -0.25) is 4.72 Å². The Hall–Kier alpha value is -2.20. The number of benzene rings is 1. The van der Waals surface area contributed by atoms with Crippen molar-refractivity contribution in [1.29, 1.82) is 0 Å². The van der Waals surface area contributed by atoms with Crippen molar-refractivity contribution in [2.75, 3.05) is 17.9 Å². The average Bonchev–Trinajstić information content (AvgIpc) is 3.05. The van der Waals surface area contributed by atoms with Crippen LogP contribution in [0, 0.1) is 6.92 Å². The van der Waals surface area contributed by atoms with Crippen molar-refractivity contribution >= 4 is 15.7 Å². The van der Waals surface area contributed by atoms with Crippen molar-refractivity contribution in [2.24, 2.45) is 0 Å². The van der Waals surface area contributed by atoms with E-state index in [4.69, 9.17) is 9.47 Å². The Morgan fingerprint density at radius 3 is 2.81 bits per heavy atom. The highest BCUT2D eigenvalue weighted by Crippen LogP contribution is 2.28. The van der Waals surface area contributed by atoms with E-state index < -0.39 is 16.6 Å². The van der Waals surface area contributed by atoms with E-state index in [0.29, 0.717) is 23.6 Å². The molecule has 27 heavy (non-hydrogen) atoms. The lowest BCUT2D eigenvalue weighted by atomic mass is 10.1. The zero-order chi connectivity index (χ0) is 19.4. The summed E-state index contributed by atoms with van der Waals surface area (Å²) in [5.74, 6) is 0.342. The molecule has 1 aliphatic heterocycles. The first-order chi connectivity index (χ1) is 12.9. The molecule has 1 saturated heterocycles. The summed E-state index contributed by atoms with van der Waals surface area (Å²) in [4.78, 5) is -0.312. The normalized spacial score (nSPS) is 17.9. The lowest BCUT2D eigenvalue weighted by Gasteiger charge is -2.23. The first kappa shape index (κ1) is 19.6. The maximum absolute atomic E-state index is 12.8. The van der Waals surface area contributed by atoms with Gasteiger partial charge in [0.2, 0.25) is 0 Å². The van der Waals surface area contributed by atoms with E-state index in [1.54, 1.807) is 24.3 Å². The van der Waals surface area contributed by atoms with E-state index >= 15 is 0 Å². The minimum atomic E-state index is -4.10. The molecule has 2 heterocycles. The summed E-state index contributed by atoms with van der Waals surface area (Å²) in [7, 11) is -4.10. The molecule has 1 atom stereocenters. The van der Waals surface area contributed by atoms with Crippen LogP contribution in [-0.4, -0.2) is 37.5 Å². The van der Waals surface area contributed by atoms with Gasteiger partial charge in [-0.15, -0.1) is 0 Å². The Bertz CT molecular complexity index is 880. The van der Waals surface area contributed by atoms with Gasteiger partial charge in [0.25, 0.3) is 10.0 Å². The zero-order valence-electron chi connectivity index (χ0n) is 14.8. The molecule has 1 unspecified atom stereocenters. The first-order valence-corrected chi connectivity index (χ1v) is 10.1. The van der Waals surface area contributed by atoms with Crippen LogP contribution in [0.3, 0.4) is 0 Å². The average molecular weight is 401 g/mol. The largest absolute Gasteiger partial charge is 0.489 e. The van der Waals surface area contributed by atoms with Crippen LogP contribution in [0.5, 0.6) is 5.75 Å². The number of anilines is 1. The molecule has 0 radical (unpaired) electrons. The predicted octanol–water partition coefficient (Wildman–Crippen LogP) is 3.34. The molecule has 148 valence electrons. The molecular formula is C17H21F2N3O4S. The minimum Gasteiger partial charge on any atom is -0.489 e. The second kappa shape index (κ2) is 8.22. The number of hydrogen-bond donors (Lipinski definition) is 1. The molecule has 1 N–H and O–H groups in total. The molecule has 1 fully saturated rings. The van der Waals surface area contributed by atoms with Crippen LogP contribution in [0.25, 0.3) is 0 Å². The van der Waals surface area contributed by atoms with Crippen LogP contribution >= 0.6 is 0 Å². The van der Waals surface area contributed by atoms with Gasteiger partial charge in [-0.05, 0) is 38.3 Å². The molecule has 1 aromatic heterocycles. The summed E-state index contributed by atoms with van der Waals surface area (Å²) in [6.07, 6.45) is 3.76. The quantitative estimate of drug-likeness (QED) is 0.770. The number of nitrogens with zero attached hydrogens (tertiary/aromatic N) is 2. The number of aryl methyl sites for hydroxylation is 1. The summed E-state index contributed by atoms with van der Waals surface area (Å²) in [5, 5.41) is 3.54. The fraction of sp³-hybridized carbons (Fsp3) is 0.471. The number of rotatable bonds is 7. The van der Waals surface area contributed by atoms with E-state index in [1.165, 1.54) is 6.92 Å². The van der Waals surface area contributed by atoms with E-state index in [0.717, 1.165) is 25.5 Å². The highest BCUT2D eigenvalue weighted by molar-refractivity contribution is 7.92. The van der Waals surface area contributed by atoms with E-state index in [1.807, 2.05) is 0 Å². The topological polar surface area (TPSA) is 82.5 Å². The Morgan fingerprint density at radius 2 is 2.15 bits per heavy atom. The van der Waals surface area contributed by atoms with Crippen LogP contribution in [0.4, 0.5) is 14.5 Å². The second-order valence-corrected chi connectivity index (χ2v) is 7.89. The van der Waals surface area contributed by atoms with Gasteiger partial charge < -0.3 is 9.47 Å². The van der Waals surface area contributed by atoms with Gasteiger partial charge in [-0.1, -0.05) is 12.1 Å². The maximum atomic E-state index is 12.8. The molecule has 2 aromatic rings. The molecule has 3 rings (SSSR count). The minimum absolute atomic E-state index is 0.0168. The summed E-state index contributed by atoms with van der Waals surface area (Å²) in [6.45, 7) is -0.564. The Balaban J connectivity index is 1.76. The molecule has 0 bridgehead atoms. The molecule has 0 aliphatic carbocycles. The summed E-state index contributed by atoms with van der Waals surface area (Å²) in [6, 6.07) is 6.55. The lowest BCUT2D eigenvalue weighted by Crippen LogP contribution is -2.26. The van der Waals surface area contributed by atoms with Gasteiger partial charge in [0.1, 0.15) is 17.3 Å². The van der Waals surface area contributed by atoms with Gasteiger partial charge >= 0.3 is 6.55 Å². The molecule has 0 spiro atoms. The van der Waals surface area contributed by atoms with Crippen molar-refractivity contribution < 1.29 is 26.7 Å². The second-order valence-electron chi connectivity index (χ2n) is 6.24. The molecular weight excluding hydrogens is 380 g/mol. The van der Waals surface area contributed by atoms with Gasteiger partial charge in [-0.2, -0.15) is 13.9 Å². The van der Waals surface area contributed by atoms with Crippen LogP contribution in [0.1, 0.15) is 31.5 Å². The lowest BCUT2D eigenvalue weighted by molar-refractivity contribution is -0.0109. The van der Waals surface area contributed by atoms with E-state index in [9.17, 15) is 17.2 Å². The maximum Gasteiger partial charge on any atom is 0.333 e. The summed E-state index contributed by atoms with van der Waals surface area (Å²) < 4.78 is 64.8. The van der Waals surface area contributed by atoms with Crippen molar-refractivity contribution in [3.8, 4) is 5.75 Å². The number of sulfonamides is 1. The fourth-order valence-corrected chi connectivity index (χ4v) is 4.07. The monoisotopic (exact) mass is 401 g/mol. The fourth-order valence-electron chi connectivity index (χ4n) is 2.83. The number of hydrogen-bond acceptors (Lipinski definition) is 5. The molecule has 0 saturated carbocycles. The molecule has 10 heteroatoms. The van der Waals surface area contributed by atoms with Gasteiger partial charge in [0.15, 0.2) is 0 Å². The number of nitrogens with one attached hydrogen (secondary N) is 1. The highest BCUT2D eigenvalue weighted by atomic mass is 32.2. The van der Waals surface area contributed by atoms with Crippen molar-refractivity contribution in [2.45, 2.75) is 43.7 Å². The molecule has 7 nitrogen and oxygen atoms in total. The van der Waals surface area contributed by atoms with Crippen LogP contribution in [-0.2, 0) is 14.8 Å². The predicted molar refractivity (Wildman–Crippen MR) is 94.6 cm³/mol. The number of halogens is 2. The number of alkyl halides is 2.